The van der Waals surface area contributed by atoms with E-state index in [4.69, 9.17) is 28.4 Å². The molecule has 0 amide bonds. The van der Waals surface area contributed by atoms with E-state index in [1.165, 1.54) is 18.2 Å². The first-order chi connectivity index (χ1) is 15.5. The van der Waals surface area contributed by atoms with Crippen molar-refractivity contribution in [2.75, 3.05) is 54.2 Å². The summed E-state index contributed by atoms with van der Waals surface area (Å²) < 4.78 is 32.6. The number of benzene rings is 2. The van der Waals surface area contributed by atoms with Crippen molar-refractivity contribution in [2.24, 2.45) is 0 Å². The van der Waals surface area contributed by atoms with Crippen LogP contribution in [0.25, 0.3) is 6.08 Å². The number of carbonyl (C=O) groups is 1. The highest BCUT2D eigenvalue weighted by molar-refractivity contribution is 14.1. The van der Waals surface area contributed by atoms with Crippen molar-refractivity contribution in [3.63, 3.8) is 0 Å². The number of aromatic hydroxyl groups is 1. The second-order valence-electron chi connectivity index (χ2n) is 6.39. The number of carbonyl (C=O) groups excluding carboxylic acids is 1. The molecule has 2 aromatic rings. The third-order valence-corrected chi connectivity index (χ3v) is 4.79. The summed E-state index contributed by atoms with van der Waals surface area (Å²) in [5.41, 5.74) is 0.867. The second kappa shape index (κ2) is 14.8. The van der Waals surface area contributed by atoms with E-state index in [-0.39, 0.29) is 36.4 Å². The minimum Gasteiger partial charge on any atom is -0.507 e. The summed E-state index contributed by atoms with van der Waals surface area (Å²) in [6.07, 6.45) is 3.05. The molecule has 0 atom stereocenters. The van der Waals surface area contributed by atoms with E-state index < -0.39 is 5.78 Å². The van der Waals surface area contributed by atoms with Crippen molar-refractivity contribution >= 4 is 34.5 Å². The summed E-state index contributed by atoms with van der Waals surface area (Å²) in [6, 6.07) is 10.5. The van der Waals surface area contributed by atoms with Crippen molar-refractivity contribution < 1.29 is 38.3 Å². The largest absolute Gasteiger partial charge is 0.507 e. The van der Waals surface area contributed by atoms with Gasteiger partial charge >= 0.3 is 0 Å². The maximum atomic E-state index is 12.8. The van der Waals surface area contributed by atoms with E-state index in [0.717, 1.165) is 9.13 Å². The Morgan fingerprint density at radius 3 is 2.19 bits per heavy atom. The number of methoxy groups -OCH3 is 2. The number of ether oxygens (including phenoxy) is 6. The number of phenols is 1. The Labute approximate surface area is 201 Å². The fourth-order valence-corrected chi connectivity index (χ4v) is 2.83. The SMILES string of the molecule is COCCOCOc1cc(O)c(C(=O)C=Cc2ccc(I)cc2)c(OCOCCOC)c1. The van der Waals surface area contributed by atoms with Gasteiger partial charge in [-0.2, -0.15) is 0 Å². The molecule has 0 unspecified atom stereocenters. The Hall–Kier alpha value is -2.18. The molecule has 2 aromatic carbocycles. The molecule has 0 saturated heterocycles. The number of ketones is 1. The van der Waals surface area contributed by atoms with Crippen LogP contribution < -0.4 is 9.47 Å². The molecule has 0 aromatic heterocycles. The molecule has 0 fully saturated rings. The van der Waals surface area contributed by atoms with E-state index >= 15 is 0 Å². The molecular weight excluding hydrogens is 531 g/mol. The van der Waals surface area contributed by atoms with Crippen molar-refractivity contribution in [1.82, 2.24) is 0 Å². The van der Waals surface area contributed by atoms with Gasteiger partial charge in [0, 0.05) is 29.9 Å². The van der Waals surface area contributed by atoms with Crippen molar-refractivity contribution in [3.05, 3.63) is 57.2 Å². The highest BCUT2D eigenvalue weighted by Gasteiger charge is 2.18. The summed E-state index contributed by atoms with van der Waals surface area (Å²) in [7, 11) is 3.14. The van der Waals surface area contributed by atoms with Gasteiger partial charge in [0.1, 0.15) is 22.8 Å². The van der Waals surface area contributed by atoms with Crippen molar-refractivity contribution in [2.45, 2.75) is 0 Å². The number of halogens is 1. The smallest absolute Gasteiger partial charge is 0.193 e. The lowest BCUT2D eigenvalue weighted by Crippen LogP contribution is -2.11. The first-order valence-corrected chi connectivity index (χ1v) is 10.9. The van der Waals surface area contributed by atoms with Crippen LogP contribution in [0, 0.1) is 3.57 Å². The summed E-state index contributed by atoms with van der Waals surface area (Å²) in [6.45, 7) is 1.34. The summed E-state index contributed by atoms with van der Waals surface area (Å²) in [5, 5.41) is 10.5. The highest BCUT2D eigenvalue weighted by atomic mass is 127. The topological polar surface area (TPSA) is 92.7 Å². The Balaban J connectivity index is 2.15. The van der Waals surface area contributed by atoms with Gasteiger partial charge in [0.25, 0.3) is 0 Å². The molecule has 2 rings (SSSR count). The molecule has 0 aliphatic rings. The molecule has 32 heavy (non-hydrogen) atoms. The second-order valence-corrected chi connectivity index (χ2v) is 7.64. The molecular formula is C23H27IO8. The minimum atomic E-state index is -0.421. The molecule has 0 heterocycles. The van der Waals surface area contributed by atoms with Crippen molar-refractivity contribution in [3.8, 4) is 17.2 Å². The minimum absolute atomic E-state index is 0.00903. The zero-order chi connectivity index (χ0) is 23.2. The molecule has 0 radical (unpaired) electrons. The zero-order valence-electron chi connectivity index (χ0n) is 18.0. The summed E-state index contributed by atoms with van der Waals surface area (Å²) in [4.78, 5) is 12.8. The molecule has 0 saturated carbocycles. The van der Waals surface area contributed by atoms with Crippen LogP contribution in [0.2, 0.25) is 0 Å². The molecule has 8 nitrogen and oxygen atoms in total. The van der Waals surface area contributed by atoms with Gasteiger partial charge in [-0.1, -0.05) is 18.2 Å². The fourth-order valence-electron chi connectivity index (χ4n) is 2.47. The van der Waals surface area contributed by atoms with E-state index in [9.17, 15) is 9.90 Å². The van der Waals surface area contributed by atoms with E-state index in [0.29, 0.717) is 26.4 Å². The van der Waals surface area contributed by atoms with Gasteiger partial charge in [-0.05, 0) is 46.4 Å². The van der Waals surface area contributed by atoms with Crippen LogP contribution in [0.4, 0.5) is 0 Å². The number of hydrogen-bond acceptors (Lipinski definition) is 8. The lowest BCUT2D eigenvalue weighted by Gasteiger charge is -2.14. The molecule has 1 N–H and O–H groups in total. The molecule has 0 aliphatic heterocycles. The molecule has 0 bridgehead atoms. The Morgan fingerprint density at radius 1 is 0.938 bits per heavy atom. The summed E-state index contributed by atoms with van der Waals surface area (Å²) >= 11 is 2.21. The molecule has 9 heteroatoms. The third-order valence-electron chi connectivity index (χ3n) is 4.07. The van der Waals surface area contributed by atoms with Gasteiger partial charge < -0.3 is 33.5 Å². The highest BCUT2D eigenvalue weighted by Crippen LogP contribution is 2.34. The van der Waals surface area contributed by atoms with Gasteiger partial charge in [0.2, 0.25) is 0 Å². The lowest BCUT2D eigenvalue weighted by molar-refractivity contribution is -0.0119. The molecule has 0 spiro atoms. The zero-order valence-corrected chi connectivity index (χ0v) is 20.2. The Kier molecular flexibility index (Phi) is 12.1. The maximum absolute atomic E-state index is 12.8. The van der Waals surface area contributed by atoms with Gasteiger partial charge in [0.05, 0.1) is 26.4 Å². The lowest BCUT2D eigenvalue weighted by atomic mass is 10.1. The normalized spacial score (nSPS) is 11.1. The van der Waals surface area contributed by atoms with E-state index in [2.05, 4.69) is 22.6 Å². The molecule has 174 valence electrons. The Morgan fingerprint density at radius 2 is 1.56 bits per heavy atom. The Bertz CT molecular complexity index is 867. The number of allylic oxidation sites excluding steroid dienone is 1. The first-order valence-electron chi connectivity index (χ1n) is 9.79. The first kappa shape index (κ1) is 26.1. The quantitative estimate of drug-likeness (QED) is 0.116. The van der Waals surface area contributed by atoms with E-state index in [1.807, 2.05) is 24.3 Å². The number of phenolic OH excluding ortho intramolecular Hbond substituents is 1. The third kappa shape index (κ3) is 9.13. The monoisotopic (exact) mass is 558 g/mol. The standard InChI is InChI=1S/C23H27IO8/c1-27-9-11-29-15-31-19-13-21(26)23(22(14-19)32-16-30-12-10-28-2)20(25)8-5-17-3-6-18(24)7-4-17/h3-8,13-14,26H,9-12,15-16H2,1-2H3. The van der Waals surface area contributed by atoms with Gasteiger partial charge in [0.15, 0.2) is 19.4 Å². The molecule has 0 aliphatic carbocycles. The number of hydrogen-bond donors (Lipinski definition) is 1. The van der Waals surface area contributed by atoms with Crippen LogP contribution >= 0.6 is 22.6 Å². The van der Waals surface area contributed by atoms with Gasteiger partial charge in [-0.3, -0.25) is 4.79 Å². The summed E-state index contributed by atoms with van der Waals surface area (Å²) in [5.74, 6) is -0.282. The number of rotatable bonds is 15. The van der Waals surface area contributed by atoms with Crippen LogP contribution in [0.15, 0.2) is 42.5 Å². The van der Waals surface area contributed by atoms with Crippen LogP contribution in [-0.2, 0) is 18.9 Å². The predicted octanol–water partition coefficient (Wildman–Crippen LogP) is 3.89. The van der Waals surface area contributed by atoms with Crippen LogP contribution in [0.3, 0.4) is 0 Å². The van der Waals surface area contributed by atoms with Crippen LogP contribution in [0.1, 0.15) is 15.9 Å². The predicted molar refractivity (Wildman–Crippen MR) is 127 cm³/mol. The van der Waals surface area contributed by atoms with E-state index in [1.54, 1.807) is 20.3 Å². The van der Waals surface area contributed by atoms with Crippen LogP contribution in [-0.4, -0.2) is 65.1 Å². The average Bonchev–Trinajstić information content (AvgIpc) is 2.78. The van der Waals surface area contributed by atoms with Crippen LogP contribution in [0.5, 0.6) is 17.2 Å². The average molecular weight is 558 g/mol. The maximum Gasteiger partial charge on any atom is 0.193 e. The van der Waals surface area contributed by atoms with Crippen molar-refractivity contribution in [1.29, 1.82) is 0 Å². The van der Waals surface area contributed by atoms with Gasteiger partial charge in [-0.15, -0.1) is 0 Å². The fraction of sp³-hybridized carbons (Fsp3) is 0.348. The van der Waals surface area contributed by atoms with Gasteiger partial charge in [-0.25, -0.2) is 0 Å².